The van der Waals surface area contributed by atoms with E-state index in [1.165, 1.54) is 0 Å². The van der Waals surface area contributed by atoms with Gasteiger partial charge in [0.1, 0.15) is 6.04 Å². The maximum Gasteiger partial charge on any atom is 0.326 e. The Morgan fingerprint density at radius 3 is 2.58 bits per heavy atom. The number of unbranched alkanes of at least 4 members (excludes halogenated alkanes) is 1. The molecule has 0 aromatic heterocycles. The van der Waals surface area contributed by atoms with Crippen molar-refractivity contribution in [2.24, 2.45) is 0 Å². The van der Waals surface area contributed by atoms with E-state index in [-0.39, 0.29) is 12.2 Å². The SMILES string of the molecule is CCCCN(CCC1OCCCO1)Cc1ccc(C(=O)N[C@@H](CCSC)C(=O)O)c(-c2ccccc2C)c1. The molecule has 1 atom stereocenters. The van der Waals surface area contributed by atoms with Gasteiger partial charge in [0, 0.05) is 25.1 Å². The van der Waals surface area contributed by atoms with Gasteiger partial charge in [-0.05, 0) is 79.1 Å². The number of nitrogens with zero attached hydrogens (tertiary/aromatic N) is 1. The molecule has 0 spiro atoms. The molecule has 8 heteroatoms. The number of thioether (sulfide) groups is 1. The number of carbonyl (C=O) groups excluding carboxylic acids is 1. The van der Waals surface area contributed by atoms with E-state index in [0.29, 0.717) is 17.7 Å². The number of amides is 1. The predicted octanol–water partition coefficient (Wildman–Crippen LogP) is 5.35. The van der Waals surface area contributed by atoms with Gasteiger partial charge in [-0.25, -0.2) is 4.79 Å². The number of benzene rings is 2. The quantitative estimate of drug-likeness (QED) is 0.314. The van der Waals surface area contributed by atoms with Gasteiger partial charge in [0.15, 0.2) is 6.29 Å². The molecule has 0 aliphatic carbocycles. The molecule has 208 valence electrons. The summed E-state index contributed by atoms with van der Waals surface area (Å²) in [6.45, 7) is 8.31. The Kier molecular flexibility index (Phi) is 12.6. The molecule has 1 amide bonds. The number of nitrogens with one attached hydrogen (secondary N) is 1. The molecule has 1 saturated heterocycles. The topological polar surface area (TPSA) is 88.1 Å². The van der Waals surface area contributed by atoms with Crippen molar-refractivity contribution in [3.63, 3.8) is 0 Å². The highest BCUT2D eigenvalue weighted by atomic mass is 32.2. The van der Waals surface area contributed by atoms with Crippen molar-refractivity contribution in [2.75, 3.05) is 38.3 Å². The Morgan fingerprint density at radius 2 is 1.89 bits per heavy atom. The van der Waals surface area contributed by atoms with Crippen molar-refractivity contribution < 1.29 is 24.2 Å². The Labute approximate surface area is 231 Å². The molecule has 2 aromatic carbocycles. The fourth-order valence-electron chi connectivity index (χ4n) is 4.62. The van der Waals surface area contributed by atoms with Gasteiger partial charge in [-0.1, -0.05) is 43.7 Å². The minimum Gasteiger partial charge on any atom is -0.480 e. The summed E-state index contributed by atoms with van der Waals surface area (Å²) in [4.78, 5) is 27.6. The van der Waals surface area contributed by atoms with E-state index >= 15 is 0 Å². The molecule has 1 aliphatic rings. The van der Waals surface area contributed by atoms with E-state index < -0.39 is 12.0 Å². The zero-order valence-corrected chi connectivity index (χ0v) is 23.7. The summed E-state index contributed by atoms with van der Waals surface area (Å²) < 4.78 is 11.5. The second kappa shape index (κ2) is 15.9. The van der Waals surface area contributed by atoms with Crippen molar-refractivity contribution in [1.82, 2.24) is 10.2 Å². The fraction of sp³-hybridized carbons (Fsp3) is 0.533. The molecule has 1 heterocycles. The number of carboxylic acid groups (broad SMARTS) is 1. The standard InChI is InChI=1S/C30H42N2O5S/c1-4-5-15-32(16-13-28-36-17-8-18-37-28)21-23-11-12-25(26(20-23)24-10-7-6-9-22(24)2)29(33)31-27(30(34)35)14-19-38-3/h6-7,9-12,20,27-28H,4-5,8,13-19,21H2,1-3H3,(H,31,33)(H,34,35)/t27-/m0/s1. The van der Waals surface area contributed by atoms with E-state index in [1.807, 2.05) is 49.6 Å². The van der Waals surface area contributed by atoms with Crippen LogP contribution in [-0.2, 0) is 20.8 Å². The minimum absolute atomic E-state index is 0.144. The molecule has 2 aromatic rings. The van der Waals surface area contributed by atoms with Gasteiger partial charge in [-0.15, -0.1) is 0 Å². The van der Waals surface area contributed by atoms with Gasteiger partial charge >= 0.3 is 5.97 Å². The zero-order chi connectivity index (χ0) is 27.3. The summed E-state index contributed by atoms with van der Waals surface area (Å²) in [7, 11) is 0. The molecule has 0 saturated carbocycles. The summed E-state index contributed by atoms with van der Waals surface area (Å²) in [5, 5.41) is 12.4. The third-order valence-corrected chi connectivity index (χ3v) is 7.43. The van der Waals surface area contributed by atoms with E-state index in [0.717, 1.165) is 80.8 Å². The first-order valence-corrected chi connectivity index (χ1v) is 15.0. The lowest BCUT2D eigenvalue weighted by atomic mass is 9.93. The van der Waals surface area contributed by atoms with Gasteiger partial charge < -0.3 is 19.9 Å². The first-order chi connectivity index (χ1) is 18.4. The zero-order valence-electron chi connectivity index (χ0n) is 22.9. The minimum atomic E-state index is -1.01. The van der Waals surface area contributed by atoms with Crippen LogP contribution in [0.3, 0.4) is 0 Å². The van der Waals surface area contributed by atoms with Crippen LogP contribution in [0, 0.1) is 6.92 Å². The second-order valence-corrected chi connectivity index (χ2v) is 10.8. The number of ether oxygens (including phenoxy) is 2. The number of aryl methyl sites for hydroxylation is 1. The monoisotopic (exact) mass is 542 g/mol. The van der Waals surface area contributed by atoms with E-state index in [4.69, 9.17) is 9.47 Å². The normalized spacial score (nSPS) is 14.9. The maximum absolute atomic E-state index is 13.4. The molecule has 1 fully saturated rings. The van der Waals surface area contributed by atoms with Crippen molar-refractivity contribution >= 4 is 23.6 Å². The van der Waals surface area contributed by atoms with Gasteiger partial charge in [0.05, 0.1) is 13.2 Å². The van der Waals surface area contributed by atoms with Crippen molar-refractivity contribution in [3.05, 3.63) is 59.2 Å². The van der Waals surface area contributed by atoms with Gasteiger partial charge in [-0.2, -0.15) is 11.8 Å². The number of hydrogen-bond donors (Lipinski definition) is 2. The van der Waals surface area contributed by atoms with Crippen LogP contribution in [0.1, 0.15) is 60.5 Å². The molecule has 0 unspecified atom stereocenters. The molecular weight excluding hydrogens is 500 g/mol. The number of hydrogen-bond acceptors (Lipinski definition) is 6. The molecule has 2 N–H and O–H groups in total. The van der Waals surface area contributed by atoms with Crippen LogP contribution in [0.2, 0.25) is 0 Å². The highest BCUT2D eigenvalue weighted by Crippen LogP contribution is 2.29. The Balaban J connectivity index is 1.85. The van der Waals surface area contributed by atoms with E-state index in [9.17, 15) is 14.7 Å². The van der Waals surface area contributed by atoms with Gasteiger partial charge in [0.2, 0.25) is 0 Å². The largest absolute Gasteiger partial charge is 0.480 e. The number of carbonyl (C=O) groups is 2. The first kappa shape index (κ1) is 30.2. The van der Waals surface area contributed by atoms with E-state index in [1.54, 1.807) is 11.8 Å². The van der Waals surface area contributed by atoms with Crippen molar-refractivity contribution in [2.45, 2.75) is 64.8 Å². The highest BCUT2D eigenvalue weighted by Gasteiger charge is 2.23. The van der Waals surface area contributed by atoms with Crippen LogP contribution in [-0.4, -0.2) is 72.5 Å². The van der Waals surface area contributed by atoms with E-state index in [2.05, 4.69) is 23.2 Å². The third-order valence-electron chi connectivity index (χ3n) is 6.79. The number of carboxylic acids is 1. The van der Waals surface area contributed by atoms with Crippen LogP contribution >= 0.6 is 11.8 Å². The van der Waals surface area contributed by atoms with Crippen molar-refractivity contribution in [3.8, 4) is 11.1 Å². The highest BCUT2D eigenvalue weighted by molar-refractivity contribution is 7.98. The third kappa shape index (κ3) is 9.12. The summed E-state index contributed by atoms with van der Waals surface area (Å²) in [5.41, 5.74) is 4.45. The average Bonchev–Trinajstić information content (AvgIpc) is 2.93. The summed E-state index contributed by atoms with van der Waals surface area (Å²) in [5.74, 6) is -0.720. The lowest BCUT2D eigenvalue weighted by Gasteiger charge is -2.28. The lowest BCUT2D eigenvalue weighted by Crippen LogP contribution is -2.41. The van der Waals surface area contributed by atoms with Crippen LogP contribution < -0.4 is 5.32 Å². The lowest BCUT2D eigenvalue weighted by molar-refractivity contribution is -0.182. The predicted molar refractivity (Wildman–Crippen MR) is 154 cm³/mol. The Bertz CT molecular complexity index is 1040. The Hall–Kier alpha value is -2.39. The van der Waals surface area contributed by atoms with Crippen molar-refractivity contribution in [1.29, 1.82) is 0 Å². The summed E-state index contributed by atoms with van der Waals surface area (Å²) in [6.07, 6.45) is 6.14. The number of aliphatic carboxylic acids is 1. The summed E-state index contributed by atoms with van der Waals surface area (Å²) in [6, 6.07) is 13.0. The smallest absolute Gasteiger partial charge is 0.326 e. The number of rotatable bonds is 15. The molecule has 7 nitrogen and oxygen atoms in total. The first-order valence-electron chi connectivity index (χ1n) is 13.6. The molecule has 1 aliphatic heterocycles. The van der Waals surface area contributed by atoms with Crippen LogP contribution in [0.5, 0.6) is 0 Å². The average molecular weight is 543 g/mol. The molecule has 3 rings (SSSR count). The van der Waals surface area contributed by atoms with Gasteiger partial charge in [-0.3, -0.25) is 9.69 Å². The van der Waals surface area contributed by atoms with Crippen LogP contribution in [0.15, 0.2) is 42.5 Å². The summed E-state index contributed by atoms with van der Waals surface area (Å²) >= 11 is 1.56. The fourth-order valence-corrected chi connectivity index (χ4v) is 5.09. The van der Waals surface area contributed by atoms with Gasteiger partial charge in [0.25, 0.3) is 5.91 Å². The maximum atomic E-state index is 13.4. The second-order valence-electron chi connectivity index (χ2n) is 9.78. The Morgan fingerprint density at radius 1 is 1.13 bits per heavy atom. The molecule has 0 bridgehead atoms. The van der Waals surface area contributed by atoms with Crippen LogP contribution in [0.25, 0.3) is 11.1 Å². The molecule has 0 radical (unpaired) electrons. The van der Waals surface area contributed by atoms with Crippen LogP contribution in [0.4, 0.5) is 0 Å². The molecular formula is C30H42N2O5S. The molecule has 38 heavy (non-hydrogen) atoms.